The Morgan fingerprint density at radius 1 is 0.345 bits per heavy atom. The number of hydrogen-bond donors (Lipinski definition) is 0. The Morgan fingerprint density at radius 2 is 0.964 bits per heavy atom. The van der Waals surface area contributed by atoms with Crippen LogP contribution in [0.4, 0.5) is 0 Å². The first-order valence-electron chi connectivity index (χ1n) is 18.9. The van der Waals surface area contributed by atoms with Gasteiger partial charge < -0.3 is 13.6 Å². The topological polar surface area (TPSA) is 23.0 Å². The molecule has 3 nitrogen and oxygen atoms in total. The van der Waals surface area contributed by atoms with Gasteiger partial charge in [-0.1, -0.05) is 127 Å². The van der Waals surface area contributed by atoms with Crippen molar-refractivity contribution >= 4 is 76.3 Å². The van der Waals surface area contributed by atoms with Crippen molar-refractivity contribution in [3.63, 3.8) is 0 Å². The van der Waals surface area contributed by atoms with Gasteiger partial charge in [-0.3, -0.25) is 0 Å². The van der Waals surface area contributed by atoms with Crippen LogP contribution in [-0.4, -0.2) is 9.13 Å². The Hall–Kier alpha value is -7.36. The van der Waals surface area contributed by atoms with Crippen LogP contribution in [0.5, 0.6) is 0 Å². The molecule has 3 aromatic heterocycles. The summed E-state index contributed by atoms with van der Waals surface area (Å²) in [6, 6.07) is 70.3. The fourth-order valence-corrected chi connectivity index (χ4v) is 9.11. The van der Waals surface area contributed by atoms with Crippen LogP contribution in [0.2, 0.25) is 0 Å². The van der Waals surface area contributed by atoms with Crippen LogP contribution in [-0.2, 0) is 0 Å². The summed E-state index contributed by atoms with van der Waals surface area (Å²) < 4.78 is 11.2. The monoisotopic (exact) mass is 700 g/mol. The first-order valence-corrected chi connectivity index (χ1v) is 18.9. The predicted molar refractivity (Wildman–Crippen MR) is 231 cm³/mol. The Labute approximate surface area is 316 Å². The molecule has 0 saturated carbocycles. The van der Waals surface area contributed by atoms with E-state index in [1.165, 1.54) is 76.6 Å². The number of hydrogen-bond acceptors (Lipinski definition) is 1. The molecule has 55 heavy (non-hydrogen) atoms. The normalized spacial score (nSPS) is 12.0. The van der Waals surface area contributed by atoms with Gasteiger partial charge in [-0.25, -0.2) is 0 Å². The fourth-order valence-electron chi connectivity index (χ4n) is 9.11. The predicted octanol–water partition coefficient (Wildman–Crippen LogP) is 14.3. The van der Waals surface area contributed by atoms with E-state index in [2.05, 4.69) is 197 Å². The van der Waals surface area contributed by atoms with Crippen molar-refractivity contribution in [1.82, 2.24) is 9.13 Å². The second kappa shape index (κ2) is 11.6. The zero-order chi connectivity index (χ0) is 36.0. The highest BCUT2D eigenvalue weighted by molar-refractivity contribution is 6.25. The highest BCUT2D eigenvalue weighted by Gasteiger charge is 2.21. The van der Waals surface area contributed by atoms with E-state index in [1.54, 1.807) is 0 Å². The molecule has 12 rings (SSSR count). The smallest absolute Gasteiger partial charge is 0.137 e. The van der Waals surface area contributed by atoms with E-state index >= 15 is 0 Å². The summed E-state index contributed by atoms with van der Waals surface area (Å²) in [5, 5.41) is 9.69. The SMILES string of the molecule is c1ccc(-c2cc3ccccc3c3c2c2cc(-c4ccc5c(c4)c4ccccc4n5-c4cccc5oc6ccccc6c45)ccc2n3-c2ccccc2)cc1. The summed E-state index contributed by atoms with van der Waals surface area (Å²) in [7, 11) is 0. The second-order valence-corrected chi connectivity index (χ2v) is 14.5. The lowest BCUT2D eigenvalue weighted by Gasteiger charge is -2.12. The summed E-state index contributed by atoms with van der Waals surface area (Å²) in [5.41, 5.74) is 13.7. The number of furan rings is 1. The van der Waals surface area contributed by atoms with Crippen molar-refractivity contribution in [2.24, 2.45) is 0 Å². The van der Waals surface area contributed by atoms with Gasteiger partial charge >= 0.3 is 0 Å². The van der Waals surface area contributed by atoms with Gasteiger partial charge in [0, 0.05) is 38.0 Å². The van der Waals surface area contributed by atoms with E-state index in [0.717, 1.165) is 33.3 Å². The van der Waals surface area contributed by atoms with E-state index in [4.69, 9.17) is 4.42 Å². The Kier molecular flexibility index (Phi) is 6.34. The molecule has 0 unspecified atom stereocenters. The third kappa shape index (κ3) is 4.38. The Bertz CT molecular complexity index is 3470. The van der Waals surface area contributed by atoms with Crippen molar-refractivity contribution in [1.29, 1.82) is 0 Å². The van der Waals surface area contributed by atoms with Crippen molar-refractivity contribution in [3.05, 3.63) is 194 Å². The lowest BCUT2D eigenvalue weighted by atomic mass is 9.94. The molecule has 0 bridgehead atoms. The van der Waals surface area contributed by atoms with Gasteiger partial charge in [-0.15, -0.1) is 0 Å². The molecule has 0 spiro atoms. The van der Waals surface area contributed by atoms with Crippen molar-refractivity contribution < 1.29 is 4.42 Å². The summed E-state index contributed by atoms with van der Waals surface area (Å²) in [4.78, 5) is 0. The Balaban J connectivity index is 1.14. The van der Waals surface area contributed by atoms with Gasteiger partial charge in [-0.2, -0.15) is 0 Å². The average Bonchev–Trinajstić information content (AvgIpc) is 3.92. The van der Waals surface area contributed by atoms with Gasteiger partial charge in [0.05, 0.1) is 33.1 Å². The lowest BCUT2D eigenvalue weighted by molar-refractivity contribution is 0.669. The number of rotatable bonds is 4. The minimum absolute atomic E-state index is 0.895. The molecule has 0 aliphatic rings. The standard InChI is InChI=1S/C52H32N2O/c1-3-14-33(15-4-1)41-32-36-16-7-8-19-38(36)52-50(41)43-31-35(27-29-46(43)53(52)37-17-5-2-6-18-37)34-26-28-45-42(30-34)39-20-9-11-22-44(39)54(45)47-23-13-25-49-51(47)40-21-10-12-24-48(40)55-49/h1-32H. The lowest BCUT2D eigenvalue weighted by Crippen LogP contribution is -1.94. The molecule has 0 atom stereocenters. The minimum Gasteiger partial charge on any atom is -0.456 e. The molecular weight excluding hydrogens is 669 g/mol. The van der Waals surface area contributed by atoms with Crippen LogP contribution < -0.4 is 0 Å². The van der Waals surface area contributed by atoms with Crippen LogP contribution in [0.15, 0.2) is 199 Å². The van der Waals surface area contributed by atoms with Crippen molar-refractivity contribution in [2.45, 2.75) is 0 Å². The second-order valence-electron chi connectivity index (χ2n) is 14.5. The van der Waals surface area contributed by atoms with Gasteiger partial charge in [0.2, 0.25) is 0 Å². The van der Waals surface area contributed by atoms with E-state index in [9.17, 15) is 0 Å². The maximum Gasteiger partial charge on any atom is 0.137 e. The molecule has 3 heterocycles. The van der Waals surface area contributed by atoms with Crippen LogP contribution in [0.25, 0.3) is 110 Å². The first kappa shape index (κ1) is 30.1. The molecule has 12 aromatic rings. The summed E-state index contributed by atoms with van der Waals surface area (Å²) in [5.74, 6) is 0. The number of aromatic nitrogens is 2. The molecule has 0 aliphatic carbocycles. The maximum absolute atomic E-state index is 6.33. The zero-order valence-electron chi connectivity index (χ0n) is 29.8. The molecule has 0 amide bonds. The van der Waals surface area contributed by atoms with Crippen molar-refractivity contribution in [3.8, 4) is 33.6 Å². The number of fused-ring (bicyclic) bond motifs is 11. The maximum atomic E-state index is 6.33. The van der Waals surface area contributed by atoms with Crippen LogP contribution >= 0.6 is 0 Å². The summed E-state index contributed by atoms with van der Waals surface area (Å²) >= 11 is 0. The van der Waals surface area contributed by atoms with Crippen molar-refractivity contribution in [2.75, 3.05) is 0 Å². The van der Waals surface area contributed by atoms with Crippen LogP contribution in [0, 0.1) is 0 Å². The highest BCUT2D eigenvalue weighted by atomic mass is 16.3. The fraction of sp³-hybridized carbons (Fsp3) is 0. The molecule has 0 saturated heterocycles. The van der Waals surface area contributed by atoms with E-state index in [0.29, 0.717) is 0 Å². The molecule has 0 aliphatic heterocycles. The molecule has 0 radical (unpaired) electrons. The molecule has 0 fully saturated rings. The number of benzene rings is 9. The van der Waals surface area contributed by atoms with Gasteiger partial charge in [0.15, 0.2) is 0 Å². The number of nitrogens with zero attached hydrogens (tertiary/aromatic N) is 2. The van der Waals surface area contributed by atoms with E-state index in [1.807, 2.05) is 6.07 Å². The van der Waals surface area contributed by atoms with E-state index < -0.39 is 0 Å². The first-order chi connectivity index (χ1) is 27.3. The zero-order valence-corrected chi connectivity index (χ0v) is 29.8. The van der Waals surface area contributed by atoms with Crippen LogP contribution in [0.1, 0.15) is 0 Å². The van der Waals surface area contributed by atoms with Gasteiger partial charge in [0.25, 0.3) is 0 Å². The minimum atomic E-state index is 0.895. The van der Waals surface area contributed by atoms with E-state index in [-0.39, 0.29) is 0 Å². The average molecular weight is 701 g/mol. The van der Waals surface area contributed by atoms with Gasteiger partial charge in [0.1, 0.15) is 11.2 Å². The summed E-state index contributed by atoms with van der Waals surface area (Å²) in [6.07, 6.45) is 0. The third-order valence-electron chi connectivity index (χ3n) is 11.5. The molecule has 3 heteroatoms. The third-order valence-corrected chi connectivity index (χ3v) is 11.5. The molecular formula is C52H32N2O. The molecule has 9 aromatic carbocycles. The largest absolute Gasteiger partial charge is 0.456 e. The summed E-state index contributed by atoms with van der Waals surface area (Å²) in [6.45, 7) is 0. The van der Waals surface area contributed by atoms with Gasteiger partial charge in [-0.05, 0) is 94.4 Å². The molecule has 256 valence electrons. The number of para-hydroxylation sites is 3. The highest BCUT2D eigenvalue weighted by Crippen LogP contribution is 2.45. The Morgan fingerprint density at radius 3 is 1.78 bits per heavy atom. The molecule has 0 N–H and O–H groups in total. The quantitative estimate of drug-likeness (QED) is 0.179. The van der Waals surface area contributed by atoms with Crippen LogP contribution in [0.3, 0.4) is 0 Å².